The van der Waals surface area contributed by atoms with Gasteiger partial charge >= 0.3 is 12.4 Å². The van der Waals surface area contributed by atoms with Crippen LogP contribution in [0.25, 0.3) is 0 Å². The highest BCUT2D eigenvalue weighted by Gasteiger charge is 2.57. The number of carbonyl (C=O) groups excluding carboxylic acids is 3. The molecule has 3 aromatic rings. The molecule has 1 heterocycles. The molecule has 0 aliphatic heterocycles. The van der Waals surface area contributed by atoms with Gasteiger partial charge in [-0.2, -0.15) is 26.3 Å². The Morgan fingerprint density at radius 1 is 0.927 bits per heavy atom. The van der Waals surface area contributed by atoms with Crippen LogP contribution in [0.3, 0.4) is 0 Å². The Bertz CT molecular complexity index is 1540. The van der Waals surface area contributed by atoms with E-state index in [9.17, 15) is 40.7 Å². The number of methoxy groups -OCH3 is 1. The van der Waals surface area contributed by atoms with Crippen LogP contribution in [-0.2, 0) is 21.9 Å². The summed E-state index contributed by atoms with van der Waals surface area (Å²) in [6.07, 6.45) is -9.17. The topological polar surface area (TPSA) is 109 Å². The van der Waals surface area contributed by atoms with Crippen molar-refractivity contribution in [1.29, 1.82) is 0 Å². The predicted octanol–water partition coefficient (Wildman–Crippen LogP) is 6.76. The molecule has 1 aliphatic carbocycles. The summed E-state index contributed by atoms with van der Waals surface area (Å²) in [5.41, 5.74) is -4.05. The third-order valence-electron chi connectivity index (χ3n) is 6.11. The number of ether oxygens (including phenoxy) is 1. The molecule has 4 rings (SSSR count). The first-order valence-electron chi connectivity index (χ1n) is 11.6. The molecule has 1 aromatic heterocycles. The molecule has 41 heavy (non-hydrogen) atoms. The van der Waals surface area contributed by atoms with Gasteiger partial charge in [0, 0.05) is 11.8 Å². The standard InChI is InChI=1S/C25H19ClF6N4O4S/c1-11-18(19(37)35-17-9-12(24(27,28)29)3-4-16(17)26)41-22(33-11)36-21(39)23(5-6-23)20(38)34-14-7-13(25(30,31)32)8-15(10-14)40-2/h3-4,7-10H,5-6H2,1-2H3,(H,34,38)(H,35,37)(H,33,36,39). The zero-order valence-corrected chi connectivity index (χ0v) is 22.6. The first kappa shape index (κ1) is 30.1. The molecule has 8 nitrogen and oxygen atoms in total. The predicted molar refractivity (Wildman–Crippen MR) is 138 cm³/mol. The SMILES string of the molecule is COc1cc(NC(=O)C2(C(=O)Nc3nc(C)c(C(=O)Nc4cc(C(F)(F)F)ccc4Cl)s3)CC2)cc(C(F)(F)F)c1. The van der Waals surface area contributed by atoms with Gasteiger partial charge in [-0.15, -0.1) is 0 Å². The van der Waals surface area contributed by atoms with Gasteiger partial charge in [0.25, 0.3) is 5.91 Å². The molecule has 16 heteroatoms. The van der Waals surface area contributed by atoms with Crippen molar-refractivity contribution < 1.29 is 45.5 Å². The number of alkyl halides is 6. The second kappa shape index (κ2) is 10.9. The molecule has 0 bridgehead atoms. The number of anilines is 3. The van der Waals surface area contributed by atoms with Crippen LogP contribution in [0.15, 0.2) is 36.4 Å². The van der Waals surface area contributed by atoms with Crippen molar-refractivity contribution in [3.8, 4) is 5.75 Å². The third-order valence-corrected chi connectivity index (χ3v) is 7.51. The van der Waals surface area contributed by atoms with Crippen LogP contribution >= 0.6 is 22.9 Å². The molecule has 0 saturated heterocycles. The van der Waals surface area contributed by atoms with Crippen LogP contribution < -0.4 is 20.7 Å². The van der Waals surface area contributed by atoms with Gasteiger partial charge in [0.1, 0.15) is 16.0 Å². The van der Waals surface area contributed by atoms with E-state index >= 15 is 0 Å². The number of thiazole rings is 1. The minimum atomic E-state index is -4.71. The monoisotopic (exact) mass is 620 g/mol. The Balaban J connectivity index is 1.47. The van der Waals surface area contributed by atoms with E-state index in [-0.39, 0.29) is 50.7 Å². The van der Waals surface area contributed by atoms with E-state index in [0.29, 0.717) is 23.5 Å². The van der Waals surface area contributed by atoms with Crippen LogP contribution in [0.1, 0.15) is 39.3 Å². The summed E-state index contributed by atoms with van der Waals surface area (Å²) < 4.78 is 83.7. The van der Waals surface area contributed by atoms with Gasteiger partial charge in [-0.05, 0) is 50.1 Å². The molecule has 0 atom stereocenters. The van der Waals surface area contributed by atoms with Crippen LogP contribution in [0.4, 0.5) is 42.8 Å². The first-order chi connectivity index (χ1) is 19.0. The first-order valence-corrected chi connectivity index (χ1v) is 12.8. The van der Waals surface area contributed by atoms with Gasteiger partial charge in [0.05, 0.1) is 34.6 Å². The summed E-state index contributed by atoms with van der Waals surface area (Å²) in [7, 11) is 1.16. The number of halogens is 7. The average molecular weight is 621 g/mol. The zero-order valence-electron chi connectivity index (χ0n) is 21.0. The number of nitrogens with one attached hydrogen (secondary N) is 3. The Hall–Kier alpha value is -3.85. The Morgan fingerprint density at radius 2 is 1.56 bits per heavy atom. The number of aromatic nitrogens is 1. The molecule has 1 aliphatic rings. The highest BCUT2D eigenvalue weighted by molar-refractivity contribution is 7.17. The van der Waals surface area contributed by atoms with Crippen molar-refractivity contribution in [2.24, 2.45) is 5.41 Å². The third kappa shape index (κ3) is 6.56. The Morgan fingerprint density at radius 3 is 2.15 bits per heavy atom. The van der Waals surface area contributed by atoms with Crippen molar-refractivity contribution >= 4 is 57.2 Å². The summed E-state index contributed by atoms with van der Waals surface area (Å²) in [4.78, 5) is 42.7. The summed E-state index contributed by atoms with van der Waals surface area (Å²) >= 11 is 6.64. The maximum Gasteiger partial charge on any atom is 0.416 e. The van der Waals surface area contributed by atoms with E-state index in [1.54, 1.807) is 0 Å². The average Bonchev–Trinajstić information content (AvgIpc) is 3.61. The van der Waals surface area contributed by atoms with E-state index in [1.165, 1.54) is 13.0 Å². The molecule has 1 fully saturated rings. The maximum absolute atomic E-state index is 13.2. The molecule has 0 radical (unpaired) electrons. The van der Waals surface area contributed by atoms with Crippen LogP contribution in [0.2, 0.25) is 5.02 Å². The lowest BCUT2D eigenvalue weighted by Crippen LogP contribution is -2.35. The number of amides is 3. The molecule has 0 spiro atoms. The highest BCUT2D eigenvalue weighted by atomic mass is 35.5. The van der Waals surface area contributed by atoms with E-state index < -0.39 is 46.6 Å². The number of rotatable bonds is 7. The van der Waals surface area contributed by atoms with Crippen LogP contribution in [-0.4, -0.2) is 29.8 Å². The lowest BCUT2D eigenvalue weighted by atomic mass is 10.0. The Labute approximate surface area is 237 Å². The normalized spacial score (nSPS) is 14.3. The maximum atomic E-state index is 13.2. The summed E-state index contributed by atoms with van der Waals surface area (Å²) in [6.45, 7) is 1.43. The second-order valence-electron chi connectivity index (χ2n) is 9.02. The number of carbonyl (C=O) groups is 3. The van der Waals surface area contributed by atoms with E-state index in [1.807, 2.05) is 0 Å². The van der Waals surface area contributed by atoms with Gasteiger partial charge in [0.2, 0.25) is 11.8 Å². The summed E-state index contributed by atoms with van der Waals surface area (Å²) in [5.74, 6) is -2.63. The van der Waals surface area contributed by atoms with Gasteiger partial charge in [0.15, 0.2) is 5.13 Å². The number of hydrogen-bond acceptors (Lipinski definition) is 6. The second-order valence-corrected chi connectivity index (χ2v) is 10.4. The fourth-order valence-electron chi connectivity index (χ4n) is 3.74. The molecule has 3 N–H and O–H groups in total. The lowest BCUT2D eigenvalue weighted by Gasteiger charge is -2.16. The van der Waals surface area contributed by atoms with Crippen molar-refractivity contribution in [2.45, 2.75) is 32.1 Å². The quantitative estimate of drug-likeness (QED) is 0.200. The fourth-order valence-corrected chi connectivity index (χ4v) is 4.76. The molecule has 3 amide bonds. The number of nitrogens with zero attached hydrogens (tertiary/aromatic N) is 1. The smallest absolute Gasteiger partial charge is 0.416 e. The van der Waals surface area contributed by atoms with E-state index in [4.69, 9.17) is 16.3 Å². The van der Waals surface area contributed by atoms with Gasteiger partial charge < -0.3 is 20.7 Å². The Kier molecular flexibility index (Phi) is 7.97. The van der Waals surface area contributed by atoms with Crippen molar-refractivity contribution in [1.82, 2.24) is 4.98 Å². The van der Waals surface area contributed by atoms with Gasteiger partial charge in [-0.3, -0.25) is 14.4 Å². The molecule has 1 saturated carbocycles. The van der Waals surface area contributed by atoms with Crippen molar-refractivity contribution in [2.75, 3.05) is 23.1 Å². The minimum absolute atomic E-state index is 0.0425. The molecule has 2 aromatic carbocycles. The molecular formula is C25H19ClF6N4O4S. The zero-order chi connectivity index (χ0) is 30.3. The van der Waals surface area contributed by atoms with E-state index in [2.05, 4.69) is 20.9 Å². The van der Waals surface area contributed by atoms with Crippen LogP contribution in [0, 0.1) is 12.3 Å². The summed E-state index contributed by atoms with van der Waals surface area (Å²) in [6, 6.07) is 5.06. The largest absolute Gasteiger partial charge is 0.497 e. The highest BCUT2D eigenvalue weighted by Crippen LogP contribution is 2.48. The number of benzene rings is 2. The fraction of sp³-hybridized carbons (Fsp3) is 0.280. The van der Waals surface area contributed by atoms with Crippen molar-refractivity contribution in [3.63, 3.8) is 0 Å². The van der Waals surface area contributed by atoms with Crippen LogP contribution in [0.5, 0.6) is 5.75 Å². The lowest BCUT2D eigenvalue weighted by molar-refractivity contribution is -0.138. The molecular weight excluding hydrogens is 602 g/mol. The van der Waals surface area contributed by atoms with E-state index in [0.717, 1.165) is 25.3 Å². The number of aryl methyl sites for hydroxylation is 1. The van der Waals surface area contributed by atoms with Crippen molar-refractivity contribution in [3.05, 3.63) is 63.1 Å². The summed E-state index contributed by atoms with van der Waals surface area (Å²) in [5, 5.41) is 6.84. The van der Waals surface area contributed by atoms with Gasteiger partial charge in [-0.1, -0.05) is 22.9 Å². The molecule has 0 unspecified atom stereocenters. The number of hydrogen-bond donors (Lipinski definition) is 3. The van der Waals surface area contributed by atoms with Gasteiger partial charge in [-0.25, -0.2) is 4.98 Å². The minimum Gasteiger partial charge on any atom is -0.497 e. The molecule has 218 valence electrons.